The van der Waals surface area contributed by atoms with Gasteiger partial charge >= 0.3 is 6.18 Å². The van der Waals surface area contributed by atoms with Crippen molar-refractivity contribution in [1.29, 1.82) is 0 Å². The number of rotatable bonds is 5. The van der Waals surface area contributed by atoms with Gasteiger partial charge in [0.15, 0.2) is 5.82 Å². The number of nitrogens with zero attached hydrogens (tertiary/aromatic N) is 2. The molecule has 0 amide bonds. The van der Waals surface area contributed by atoms with Gasteiger partial charge in [-0.1, -0.05) is 47.6 Å². The maximum Gasteiger partial charge on any atom is 0.407 e. The second kappa shape index (κ2) is 6.15. The van der Waals surface area contributed by atoms with E-state index in [2.05, 4.69) is 15.5 Å². The van der Waals surface area contributed by atoms with Gasteiger partial charge in [-0.25, -0.2) is 0 Å². The van der Waals surface area contributed by atoms with Crippen molar-refractivity contribution in [2.75, 3.05) is 0 Å². The van der Waals surface area contributed by atoms with Crippen LogP contribution in [0.2, 0.25) is 0 Å². The summed E-state index contributed by atoms with van der Waals surface area (Å²) in [6, 6.07) is 10.2. The SMILES string of the molecule is FC(F)(F)C(NCc1nc(C2CC2)no1)c1cccc2ccccc12. The third-order valence-corrected chi connectivity index (χ3v) is 4.35. The molecule has 1 N–H and O–H groups in total. The van der Waals surface area contributed by atoms with Gasteiger partial charge in [0.2, 0.25) is 5.89 Å². The molecule has 1 atom stereocenters. The minimum atomic E-state index is -4.44. The number of aromatic nitrogens is 2. The molecule has 2 aromatic carbocycles. The predicted octanol–water partition coefficient (Wildman–Crippen LogP) is 4.49. The lowest BCUT2D eigenvalue weighted by Gasteiger charge is -2.22. The number of halogens is 3. The smallest absolute Gasteiger partial charge is 0.338 e. The van der Waals surface area contributed by atoms with E-state index >= 15 is 0 Å². The van der Waals surface area contributed by atoms with Gasteiger partial charge in [0.05, 0.1) is 6.54 Å². The zero-order valence-electron chi connectivity index (χ0n) is 13.3. The fourth-order valence-electron chi connectivity index (χ4n) is 2.94. The van der Waals surface area contributed by atoms with Gasteiger partial charge in [-0.15, -0.1) is 0 Å². The van der Waals surface area contributed by atoms with E-state index in [0.717, 1.165) is 18.2 Å². The Labute approximate surface area is 142 Å². The quantitative estimate of drug-likeness (QED) is 0.739. The molecule has 130 valence electrons. The molecule has 1 saturated carbocycles. The molecule has 0 bridgehead atoms. The van der Waals surface area contributed by atoms with Crippen LogP contribution in [0.3, 0.4) is 0 Å². The monoisotopic (exact) mass is 347 g/mol. The Balaban J connectivity index is 1.61. The molecule has 0 spiro atoms. The van der Waals surface area contributed by atoms with Crippen molar-refractivity contribution < 1.29 is 17.7 Å². The van der Waals surface area contributed by atoms with E-state index in [4.69, 9.17) is 4.52 Å². The fourth-order valence-corrected chi connectivity index (χ4v) is 2.94. The van der Waals surface area contributed by atoms with Gasteiger partial charge in [-0.2, -0.15) is 18.2 Å². The van der Waals surface area contributed by atoms with Crippen molar-refractivity contribution >= 4 is 10.8 Å². The van der Waals surface area contributed by atoms with E-state index in [9.17, 15) is 13.2 Å². The lowest BCUT2D eigenvalue weighted by Crippen LogP contribution is -2.34. The van der Waals surface area contributed by atoms with Crippen LogP contribution in [0.15, 0.2) is 47.0 Å². The van der Waals surface area contributed by atoms with Crippen LogP contribution in [0.1, 0.15) is 42.1 Å². The molecule has 1 aliphatic carbocycles. The number of nitrogens with one attached hydrogen (secondary N) is 1. The zero-order chi connectivity index (χ0) is 17.4. The molecular formula is C18H16F3N3O. The standard InChI is InChI=1S/C18H16F3N3O/c19-18(20,21)16(14-7-3-5-11-4-1-2-6-13(11)14)22-10-15-23-17(24-25-15)12-8-9-12/h1-7,12,16,22H,8-10H2. The molecule has 1 unspecified atom stereocenters. The van der Waals surface area contributed by atoms with Crippen molar-refractivity contribution in [1.82, 2.24) is 15.5 Å². The number of hydrogen-bond donors (Lipinski definition) is 1. The highest BCUT2D eigenvalue weighted by Crippen LogP contribution is 2.38. The molecule has 4 nitrogen and oxygen atoms in total. The van der Waals surface area contributed by atoms with E-state index in [1.54, 1.807) is 36.4 Å². The summed E-state index contributed by atoms with van der Waals surface area (Å²) in [7, 11) is 0. The van der Waals surface area contributed by atoms with Crippen molar-refractivity contribution in [2.24, 2.45) is 0 Å². The summed E-state index contributed by atoms with van der Waals surface area (Å²) in [6.45, 7) is -0.132. The van der Waals surface area contributed by atoms with Crippen LogP contribution in [-0.4, -0.2) is 16.3 Å². The van der Waals surface area contributed by atoms with E-state index in [1.807, 2.05) is 0 Å². The topological polar surface area (TPSA) is 51.0 Å². The average molecular weight is 347 g/mol. The van der Waals surface area contributed by atoms with Gasteiger partial charge in [0.25, 0.3) is 0 Å². The third kappa shape index (κ3) is 3.37. The normalized spacial score (nSPS) is 16.3. The summed E-state index contributed by atoms with van der Waals surface area (Å²) >= 11 is 0. The Morgan fingerprint density at radius 1 is 1.12 bits per heavy atom. The largest absolute Gasteiger partial charge is 0.407 e. The minimum absolute atomic E-state index is 0.132. The molecule has 4 rings (SSSR count). The highest BCUT2D eigenvalue weighted by molar-refractivity contribution is 5.86. The first-order valence-electron chi connectivity index (χ1n) is 8.12. The van der Waals surface area contributed by atoms with Crippen LogP contribution in [0.25, 0.3) is 10.8 Å². The summed E-state index contributed by atoms with van der Waals surface area (Å²) in [6.07, 6.45) is -2.43. The van der Waals surface area contributed by atoms with Crippen LogP contribution in [-0.2, 0) is 6.54 Å². The third-order valence-electron chi connectivity index (χ3n) is 4.35. The lowest BCUT2D eigenvalue weighted by molar-refractivity contribution is -0.158. The summed E-state index contributed by atoms with van der Waals surface area (Å²) in [4.78, 5) is 4.17. The molecule has 7 heteroatoms. The van der Waals surface area contributed by atoms with Crippen molar-refractivity contribution in [3.63, 3.8) is 0 Å². The summed E-state index contributed by atoms with van der Waals surface area (Å²) < 4.78 is 46.0. The first kappa shape index (κ1) is 16.1. The molecule has 0 saturated heterocycles. The lowest BCUT2D eigenvalue weighted by atomic mass is 9.98. The maximum atomic E-state index is 13.7. The number of fused-ring (bicyclic) bond motifs is 1. The van der Waals surface area contributed by atoms with E-state index in [0.29, 0.717) is 17.1 Å². The minimum Gasteiger partial charge on any atom is -0.338 e. The van der Waals surface area contributed by atoms with Crippen molar-refractivity contribution in [2.45, 2.75) is 37.5 Å². The van der Waals surface area contributed by atoms with E-state index in [1.165, 1.54) is 6.07 Å². The molecule has 1 aromatic heterocycles. The van der Waals surface area contributed by atoms with Gasteiger partial charge in [-0.05, 0) is 29.2 Å². The number of benzene rings is 2. The Hall–Kier alpha value is -2.41. The van der Waals surface area contributed by atoms with Crippen molar-refractivity contribution in [3.8, 4) is 0 Å². The van der Waals surface area contributed by atoms with Crippen LogP contribution in [0.4, 0.5) is 13.2 Å². The van der Waals surface area contributed by atoms with Crippen LogP contribution in [0, 0.1) is 0 Å². The summed E-state index contributed by atoms with van der Waals surface area (Å²) in [5.41, 5.74) is 0.188. The zero-order valence-corrected chi connectivity index (χ0v) is 13.3. The fraction of sp³-hybridized carbons (Fsp3) is 0.333. The molecule has 1 heterocycles. The van der Waals surface area contributed by atoms with Gasteiger partial charge in [0, 0.05) is 5.92 Å². The molecule has 0 radical (unpaired) electrons. The molecule has 3 aromatic rings. The molecular weight excluding hydrogens is 331 g/mol. The Bertz CT molecular complexity index is 881. The highest BCUT2D eigenvalue weighted by Gasteiger charge is 2.41. The summed E-state index contributed by atoms with van der Waals surface area (Å²) in [5, 5.41) is 7.71. The number of alkyl halides is 3. The molecule has 1 fully saturated rings. The van der Waals surface area contributed by atoms with E-state index < -0.39 is 12.2 Å². The van der Waals surface area contributed by atoms with Crippen LogP contribution >= 0.6 is 0 Å². The van der Waals surface area contributed by atoms with Crippen LogP contribution in [0.5, 0.6) is 0 Å². The molecule has 25 heavy (non-hydrogen) atoms. The van der Waals surface area contributed by atoms with Gasteiger partial charge < -0.3 is 4.52 Å². The Kier molecular flexibility index (Phi) is 3.95. The Morgan fingerprint density at radius 3 is 2.64 bits per heavy atom. The summed E-state index contributed by atoms with van der Waals surface area (Å²) in [5.74, 6) is 1.07. The van der Waals surface area contributed by atoms with Gasteiger partial charge in [-0.3, -0.25) is 5.32 Å². The van der Waals surface area contributed by atoms with E-state index in [-0.39, 0.29) is 18.0 Å². The van der Waals surface area contributed by atoms with Crippen molar-refractivity contribution in [3.05, 3.63) is 59.7 Å². The second-order valence-corrected chi connectivity index (χ2v) is 6.24. The first-order chi connectivity index (χ1) is 12.0. The first-order valence-corrected chi connectivity index (χ1v) is 8.12. The predicted molar refractivity (Wildman–Crippen MR) is 85.9 cm³/mol. The molecule has 1 aliphatic rings. The average Bonchev–Trinajstić information content (AvgIpc) is 3.33. The van der Waals surface area contributed by atoms with Gasteiger partial charge in [0.1, 0.15) is 6.04 Å². The number of hydrogen-bond acceptors (Lipinski definition) is 4. The molecule has 0 aliphatic heterocycles. The Morgan fingerprint density at radius 2 is 1.88 bits per heavy atom. The highest BCUT2D eigenvalue weighted by atomic mass is 19.4. The second-order valence-electron chi connectivity index (χ2n) is 6.24. The van der Waals surface area contributed by atoms with Crippen LogP contribution < -0.4 is 5.32 Å². The maximum absolute atomic E-state index is 13.7.